The molecular weight excluding hydrogens is 741 g/mol. The Morgan fingerprint density at radius 3 is 2.09 bits per heavy atom. The van der Waals surface area contributed by atoms with Gasteiger partial charge in [0.25, 0.3) is 11.8 Å². The van der Waals surface area contributed by atoms with Crippen LogP contribution < -0.4 is 10.6 Å². The summed E-state index contributed by atoms with van der Waals surface area (Å²) >= 11 is 1.49. The summed E-state index contributed by atoms with van der Waals surface area (Å²) in [6.07, 6.45) is 10.6. The number of anilines is 2. The average Bonchev–Trinajstić information content (AvgIpc) is 3.59. The molecule has 1 fully saturated rings. The molecular formula is C45H52N4O7S. The molecule has 0 unspecified atom stereocenters. The normalized spacial score (nSPS) is 14.1. The third-order valence-corrected chi connectivity index (χ3v) is 12.3. The number of carboxylic acid groups (broad SMARTS) is 2. The quantitative estimate of drug-likeness (QED) is 0.0837. The summed E-state index contributed by atoms with van der Waals surface area (Å²) in [6, 6.07) is 22.6. The molecule has 0 spiro atoms. The molecule has 0 aliphatic heterocycles. The molecule has 0 radical (unpaired) electrons. The summed E-state index contributed by atoms with van der Waals surface area (Å²) in [5.41, 5.74) is 6.09. The van der Waals surface area contributed by atoms with E-state index in [1.807, 2.05) is 54.6 Å². The van der Waals surface area contributed by atoms with Crippen molar-refractivity contribution in [2.75, 3.05) is 30.8 Å². The molecule has 2 aliphatic rings. The van der Waals surface area contributed by atoms with E-state index in [1.54, 1.807) is 30.1 Å². The number of carbonyl (C=O) groups excluding carboxylic acids is 3. The van der Waals surface area contributed by atoms with Gasteiger partial charge >= 0.3 is 11.9 Å². The number of amides is 3. The zero-order valence-corrected chi connectivity index (χ0v) is 33.4. The molecule has 11 nitrogen and oxygen atoms in total. The van der Waals surface area contributed by atoms with Crippen LogP contribution in [0.25, 0.3) is 0 Å². The Morgan fingerprint density at radius 2 is 1.40 bits per heavy atom. The molecule has 2 aliphatic carbocycles. The van der Waals surface area contributed by atoms with Gasteiger partial charge in [0.2, 0.25) is 5.91 Å². The summed E-state index contributed by atoms with van der Waals surface area (Å²) in [6.45, 7) is 1.74. The summed E-state index contributed by atoms with van der Waals surface area (Å²) in [5, 5.41) is 24.9. The first-order valence-corrected chi connectivity index (χ1v) is 20.8. The van der Waals surface area contributed by atoms with Crippen molar-refractivity contribution in [3.8, 4) is 0 Å². The highest BCUT2D eigenvalue weighted by atomic mass is 32.1. The molecule has 4 aromatic rings. The number of nitrogens with zero attached hydrogens (tertiary/aromatic N) is 2. The number of benzene rings is 3. The van der Waals surface area contributed by atoms with E-state index in [0.29, 0.717) is 47.5 Å². The second kappa shape index (κ2) is 19.7. The Morgan fingerprint density at radius 1 is 0.719 bits per heavy atom. The Hall–Kier alpha value is -5.33. The third kappa shape index (κ3) is 11.4. The van der Waals surface area contributed by atoms with Crippen molar-refractivity contribution < 1.29 is 34.2 Å². The standard InChI is InChI=1S/C45H52N4O7S/c1-48(39(50)24-25-40(51)52)26-27-49(36-10-3-2-4-11-36)29-32-8-7-9-34(28-32)42(53)47-44-41(37-12-5-6-13-38(37)57-44)43(54)46-35-22-18-31(19-23-35)15-14-30-16-20-33(21-17-30)45(55)56/h7-9,16-23,28,36H,2-6,10-15,24-27,29H2,1H3,(H,46,54)(H,47,53)(H,51,52)(H,55,56). The number of nitrogens with one attached hydrogen (secondary N) is 2. The van der Waals surface area contributed by atoms with E-state index in [2.05, 4.69) is 15.5 Å². The lowest BCUT2D eigenvalue weighted by atomic mass is 9.93. The fraction of sp³-hybridized carbons (Fsp3) is 0.400. The highest BCUT2D eigenvalue weighted by Crippen LogP contribution is 2.39. The van der Waals surface area contributed by atoms with E-state index in [9.17, 15) is 24.0 Å². The van der Waals surface area contributed by atoms with Gasteiger partial charge in [-0.05, 0) is 110 Å². The predicted molar refractivity (Wildman–Crippen MR) is 222 cm³/mol. The molecule has 300 valence electrons. The number of carbonyl (C=O) groups is 5. The predicted octanol–water partition coefficient (Wildman–Crippen LogP) is 8.07. The van der Waals surface area contributed by atoms with Crippen molar-refractivity contribution in [3.63, 3.8) is 0 Å². The number of hydrogen-bond acceptors (Lipinski definition) is 7. The van der Waals surface area contributed by atoms with Gasteiger partial charge in [0.05, 0.1) is 17.5 Å². The van der Waals surface area contributed by atoms with Crippen molar-refractivity contribution in [2.45, 2.75) is 96.1 Å². The van der Waals surface area contributed by atoms with Crippen LogP contribution >= 0.6 is 11.3 Å². The van der Waals surface area contributed by atoms with Crippen molar-refractivity contribution >= 4 is 51.7 Å². The Labute approximate surface area is 338 Å². The molecule has 12 heteroatoms. The van der Waals surface area contributed by atoms with Crippen LogP contribution in [-0.2, 0) is 41.8 Å². The number of likely N-dealkylation sites (N-methyl/N-ethyl adjacent to an activating group) is 1. The monoisotopic (exact) mass is 792 g/mol. The Kier molecular flexibility index (Phi) is 14.3. The minimum absolute atomic E-state index is 0.0207. The van der Waals surface area contributed by atoms with E-state index in [1.165, 1.54) is 17.8 Å². The fourth-order valence-electron chi connectivity index (χ4n) is 7.81. The van der Waals surface area contributed by atoms with Crippen molar-refractivity contribution in [1.82, 2.24) is 9.80 Å². The smallest absolute Gasteiger partial charge is 0.335 e. The van der Waals surface area contributed by atoms with Gasteiger partial charge in [0, 0.05) is 55.3 Å². The fourth-order valence-corrected chi connectivity index (χ4v) is 9.09. The largest absolute Gasteiger partial charge is 0.481 e. The number of fused-ring (bicyclic) bond motifs is 1. The van der Waals surface area contributed by atoms with Gasteiger partial charge in [-0.15, -0.1) is 11.3 Å². The molecule has 4 N–H and O–H groups in total. The van der Waals surface area contributed by atoms with Crippen LogP contribution in [0.2, 0.25) is 0 Å². The third-order valence-electron chi connectivity index (χ3n) is 11.1. The van der Waals surface area contributed by atoms with Gasteiger partial charge in [0.1, 0.15) is 5.00 Å². The molecule has 1 saturated carbocycles. The van der Waals surface area contributed by atoms with Crippen LogP contribution in [0.15, 0.2) is 72.8 Å². The molecule has 57 heavy (non-hydrogen) atoms. The van der Waals surface area contributed by atoms with Crippen LogP contribution in [0, 0.1) is 0 Å². The SMILES string of the molecule is CN(CCN(Cc1cccc(C(=O)Nc2sc3c(c2C(=O)Nc2ccc(CCc4ccc(C(=O)O)cc4)cc2)CCCC3)c1)C1CCCCC1)C(=O)CCC(=O)O. The number of thiophene rings is 1. The number of aliphatic carboxylic acids is 1. The van der Waals surface area contributed by atoms with E-state index in [0.717, 1.165) is 91.3 Å². The van der Waals surface area contributed by atoms with Crippen molar-refractivity contribution in [1.29, 1.82) is 0 Å². The van der Waals surface area contributed by atoms with Gasteiger partial charge in [-0.2, -0.15) is 0 Å². The highest BCUT2D eigenvalue weighted by molar-refractivity contribution is 7.17. The minimum Gasteiger partial charge on any atom is -0.481 e. The van der Waals surface area contributed by atoms with Gasteiger partial charge < -0.3 is 25.7 Å². The number of carboxylic acids is 2. The molecule has 3 aromatic carbocycles. The topological polar surface area (TPSA) is 156 Å². The van der Waals surface area contributed by atoms with Gasteiger partial charge in [-0.3, -0.25) is 24.1 Å². The first kappa shape index (κ1) is 41.3. The maximum absolute atomic E-state index is 13.9. The van der Waals surface area contributed by atoms with Crippen LogP contribution in [0.5, 0.6) is 0 Å². The summed E-state index contributed by atoms with van der Waals surface area (Å²) in [5.74, 6) is -2.64. The van der Waals surface area contributed by atoms with Gasteiger partial charge in [-0.25, -0.2) is 4.79 Å². The lowest BCUT2D eigenvalue weighted by molar-refractivity contribution is -0.140. The second-order valence-electron chi connectivity index (χ2n) is 15.2. The number of hydrogen-bond donors (Lipinski definition) is 4. The molecule has 1 aromatic heterocycles. The average molecular weight is 793 g/mol. The maximum atomic E-state index is 13.9. The van der Waals surface area contributed by atoms with Crippen LogP contribution in [0.4, 0.5) is 10.7 Å². The van der Waals surface area contributed by atoms with Gasteiger partial charge in [-0.1, -0.05) is 55.7 Å². The zero-order chi connectivity index (χ0) is 40.3. The summed E-state index contributed by atoms with van der Waals surface area (Å²) < 4.78 is 0. The van der Waals surface area contributed by atoms with Crippen LogP contribution in [0.3, 0.4) is 0 Å². The second-order valence-corrected chi connectivity index (χ2v) is 16.3. The first-order valence-electron chi connectivity index (χ1n) is 20.0. The van der Waals surface area contributed by atoms with E-state index in [4.69, 9.17) is 10.2 Å². The van der Waals surface area contributed by atoms with Crippen LogP contribution in [0.1, 0.15) is 116 Å². The minimum atomic E-state index is -0.984. The molecule has 0 atom stereocenters. The zero-order valence-electron chi connectivity index (χ0n) is 32.6. The molecule has 3 amide bonds. The van der Waals surface area contributed by atoms with Crippen molar-refractivity contribution in [3.05, 3.63) is 117 Å². The molecule has 0 bridgehead atoms. The maximum Gasteiger partial charge on any atom is 0.335 e. The molecule has 6 rings (SSSR count). The number of aromatic carboxylic acids is 1. The molecule has 0 saturated heterocycles. The Bertz CT molecular complexity index is 2050. The van der Waals surface area contributed by atoms with E-state index in [-0.39, 0.29) is 36.1 Å². The first-order chi connectivity index (χ1) is 27.5. The lowest BCUT2D eigenvalue weighted by Gasteiger charge is -2.35. The van der Waals surface area contributed by atoms with E-state index >= 15 is 0 Å². The summed E-state index contributed by atoms with van der Waals surface area (Å²) in [4.78, 5) is 67.7. The van der Waals surface area contributed by atoms with E-state index < -0.39 is 11.9 Å². The molecule has 1 heterocycles. The van der Waals surface area contributed by atoms with Crippen molar-refractivity contribution in [2.24, 2.45) is 0 Å². The number of aryl methyl sites for hydroxylation is 3. The highest BCUT2D eigenvalue weighted by Gasteiger charge is 2.28. The Balaban J connectivity index is 1.11. The lowest BCUT2D eigenvalue weighted by Crippen LogP contribution is -2.42. The number of rotatable bonds is 17. The van der Waals surface area contributed by atoms with Gasteiger partial charge in [0.15, 0.2) is 0 Å². The van der Waals surface area contributed by atoms with Crippen LogP contribution in [-0.4, -0.2) is 75.9 Å². The summed E-state index contributed by atoms with van der Waals surface area (Å²) in [7, 11) is 1.72.